The molecular weight excluding hydrogens is 222 g/mol. The van der Waals surface area contributed by atoms with Crippen LogP contribution >= 0.6 is 0 Å². The van der Waals surface area contributed by atoms with E-state index in [1.165, 1.54) is 5.56 Å². The molecule has 4 nitrogen and oxygen atoms in total. The van der Waals surface area contributed by atoms with E-state index < -0.39 is 8.80 Å². The monoisotopic (exact) mass is 242 g/mol. The number of hydrogen-bond donors (Lipinski definition) is 0. The molecule has 0 radical (unpaired) electrons. The van der Waals surface area contributed by atoms with Gasteiger partial charge < -0.3 is 13.3 Å². The van der Waals surface area contributed by atoms with Gasteiger partial charge in [0.25, 0.3) is 0 Å². The molecule has 0 bridgehead atoms. The Hall–Kier alpha value is -0.753. The van der Waals surface area contributed by atoms with E-state index in [4.69, 9.17) is 13.3 Å². The molecule has 0 N–H and O–H groups in total. The summed E-state index contributed by atoms with van der Waals surface area (Å²) in [6, 6.07) is 4.87. The second-order valence-corrected chi connectivity index (χ2v) is 6.76. The second kappa shape index (κ2) is 6.10. The summed E-state index contributed by atoms with van der Waals surface area (Å²) in [5.41, 5.74) is 1.24. The van der Waals surface area contributed by atoms with E-state index in [9.17, 15) is 0 Å². The molecule has 1 rings (SSSR count). The maximum atomic E-state index is 5.37. The third-order valence-corrected chi connectivity index (χ3v) is 5.32. The Morgan fingerprint density at radius 3 is 2.31 bits per heavy atom. The molecule has 0 saturated carbocycles. The molecule has 0 unspecified atom stereocenters. The van der Waals surface area contributed by atoms with E-state index in [0.717, 1.165) is 12.6 Å². The second-order valence-electron chi connectivity index (χ2n) is 3.66. The number of hydrogen-bond acceptors (Lipinski definition) is 3. The van der Waals surface area contributed by atoms with Crippen LogP contribution in [0.1, 0.15) is 5.56 Å². The SMILES string of the molecule is CO[Si](CC[n+]1cccc(C)c1)(OC)OC. The Balaban J connectivity index is 2.62. The molecule has 0 aliphatic carbocycles. The minimum absolute atomic E-state index is 0.768. The quantitative estimate of drug-likeness (QED) is 0.554. The van der Waals surface area contributed by atoms with Gasteiger partial charge in [-0.2, -0.15) is 0 Å². The number of pyridine rings is 1. The normalized spacial score (nSPS) is 11.8. The zero-order valence-corrected chi connectivity index (χ0v) is 11.4. The summed E-state index contributed by atoms with van der Waals surface area (Å²) in [4.78, 5) is 0. The molecule has 90 valence electrons. The predicted molar refractivity (Wildman–Crippen MR) is 63.0 cm³/mol. The van der Waals surface area contributed by atoms with Gasteiger partial charge in [-0.25, -0.2) is 4.57 Å². The van der Waals surface area contributed by atoms with Gasteiger partial charge in [0, 0.05) is 33.0 Å². The zero-order valence-electron chi connectivity index (χ0n) is 10.4. The van der Waals surface area contributed by atoms with Crippen LogP contribution in [0.15, 0.2) is 24.5 Å². The van der Waals surface area contributed by atoms with Crippen molar-refractivity contribution in [3.63, 3.8) is 0 Å². The van der Waals surface area contributed by atoms with Gasteiger partial charge in [-0.3, -0.25) is 0 Å². The Bertz CT molecular complexity index is 320. The van der Waals surface area contributed by atoms with Gasteiger partial charge in [0.15, 0.2) is 18.9 Å². The summed E-state index contributed by atoms with van der Waals surface area (Å²) in [5.74, 6) is 0. The lowest BCUT2D eigenvalue weighted by Gasteiger charge is -2.22. The molecule has 0 amide bonds. The lowest BCUT2D eigenvalue weighted by atomic mass is 10.3. The van der Waals surface area contributed by atoms with E-state index in [-0.39, 0.29) is 0 Å². The molecule has 0 saturated heterocycles. The molecule has 0 aromatic carbocycles. The molecule has 0 spiro atoms. The zero-order chi connectivity index (χ0) is 12.0. The fraction of sp³-hybridized carbons (Fsp3) is 0.545. The van der Waals surface area contributed by atoms with Crippen LogP contribution in [0.25, 0.3) is 0 Å². The van der Waals surface area contributed by atoms with Crippen molar-refractivity contribution in [2.45, 2.75) is 19.5 Å². The lowest BCUT2D eigenvalue weighted by Crippen LogP contribution is -2.47. The van der Waals surface area contributed by atoms with Gasteiger partial charge >= 0.3 is 8.80 Å². The number of nitrogens with zero attached hydrogens (tertiary/aromatic N) is 1. The summed E-state index contributed by atoms with van der Waals surface area (Å²) in [6.45, 7) is 2.91. The van der Waals surface area contributed by atoms with Crippen molar-refractivity contribution in [2.24, 2.45) is 0 Å². The lowest BCUT2D eigenvalue weighted by molar-refractivity contribution is -0.694. The maximum absolute atomic E-state index is 5.37. The van der Waals surface area contributed by atoms with Crippen molar-refractivity contribution in [3.05, 3.63) is 30.1 Å². The van der Waals surface area contributed by atoms with Gasteiger partial charge in [0.2, 0.25) is 0 Å². The topological polar surface area (TPSA) is 31.6 Å². The first kappa shape index (κ1) is 13.3. The highest BCUT2D eigenvalue weighted by atomic mass is 28.4. The largest absolute Gasteiger partial charge is 0.506 e. The van der Waals surface area contributed by atoms with Crippen molar-refractivity contribution in [2.75, 3.05) is 21.3 Å². The van der Waals surface area contributed by atoms with Gasteiger partial charge in [0.1, 0.15) is 0 Å². The van der Waals surface area contributed by atoms with E-state index in [2.05, 4.69) is 23.8 Å². The molecule has 0 atom stereocenters. The minimum Gasteiger partial charge on any atom is -0.377 e. The Morgan fingerprint density at radius 2 is 1.81 bits per heavy atom. The molecule has 5 heteroatoms. The summed E-state index contributed by atoms with van der Waals surface area (Å²) in [7, 11) is 2.48. The number of aromatic nitrogens is 1. The molecule has 0 fully saturated rings. The first-order valence-corrected chi connectivity index (χ1v) is 7.20. The minimum atomic E-state index is -2.44. The molecule has 1 heterocycles. The van der Waals surface area contributed by atoms with E-state index in [0.29, 0.717) is 0 Å². The van der Waals surface area contributed by atoms with Crippen LogP contribution in [0.2, 0.25) is 6.04 Å². The average Bonchev–Trinajstić information content (AvgIpc) is 2.32. The summed E-state index contributed by atoms with van der Waals surface area (Å²) in [5, 5.41) is 0. The first-order valence-electron chi connectivity index (χ1n) is 5.27. The molecule has 1 aromatic rings. The standard InChI is InChI=1S/C11H20NO3Si/c1-11-6-5-7-12(10-11)8-9-16(13-2,14-3)15-4/h5-7,10H,8-9H2,1-4H3/q+1. The smallest absolute Gasteiger partial charge is 0.377 e. The average molecular weight is 242 g/mol. The molecule has 0 aliphatic rings. The van der Waals surface area contributed by atoms with Gasteiger partial charge in [-0.05, 0) is 13.0 Å². The first-order chi connectivity index (χ1) is 7.65. The fourth-order valence-electron chi connectivity index (χ4n) is 1.61. The number of aryl methyl sites for hydroxylation is 2. The highest BCUT2D eigenvalue weighted by Gasteiger charge is 2.38. The summed E-state index contributed by atoms with van der Waals surface area (Å²) < 4.78 is 18.2. The van der Waals surface area contributed by atoms with Crippen LogP contribution in [0.5, 0.6) is 0 Å². The third-order valence-electron chi connectivity index (χ3n) is 2.62. The van der Waals surface area contributed by atoms with Gasteiger partial charge in [0.05, 0.1) is 6.04 Å². The predicted octanol–water partition coefficient (Wildman–Crippen LogP) is 1.16. The Labute approximate surface area is 98.1 Å². The van der Waals surface area contributed by atoms with Crippen LogP contribution in [-0.4, -0.2) is 30.1 Å². The molecule has 1 aromatic heterocycles. The molecule has 16 heavy (non-hydrogen) atoms. The number of rotatable bonds is 6. The van der Waals surface area contributed by atoms with Crippen molar-refractivity contribution in [3.8, 4) is 0 Å². The highest BCUT2D eigenvalue weighted by Crippen LogP contribution is 2.11. The summed E-state index contributed by atoms with van der Waals surface area (Å²) in [6.07, 6.45) is 4.13. The Morgan fingerprint density at radius 1 is 1.19 bits per heavy atom. The van der Waals surface area contributed by atoms with E-state index >= 15 is 0 Å². The highest BCUT2D eigenvalue weighted by molar-refractivity contribution is 6.60. The van der Waals surface area contributed by atoms with Gasteiger partial charge in [-0.1, -0.05) is 0 Å². The van der Waals surface area contributed by atoms with E-state index in [1.807, 2.05) is 12.3 Å². The van der Waals surface area contributed by atoms with Crippen molar-refractivity contribution in [1.29, 1.82) is 0 Å². The van der Waals surface area contributed by atoms with Crippen LogP contribution in [0.4, 0.5) is 0 Å². The van der Waals surface area contributed by atoms with Crippen molar-refractivity contribution in [1.82, 2.24) is 0 Å². The van der Waals surface area contributed by atoms with Crippen LogP contribution in [0, 0.1) is 6.92 Å². The van der Waals surface area contributed by atoms with Crippen LogP contribution in [-0.2, 0) is 19.8 Å². The van der Waals surface area contributed by atoms with Crippen LogP contribution in [0.3, 0.4) is 0 Å². The Kier molecular flexibility index (Phi) is 5.07. The molecular formula is C11H20NO3Si+. The third kappa shape index (κ3) is 3.38. The fourth-order valence-corrected chi connectivity index (χ4v) is 3.26. The summed E-state index contributed by atoms with van der Waals surface area (Å²) >= 11 is 0. The van der Waals surface area contributed by atoms with Gasteiger partial charge in [-0.15, -0.1) is 0 Å². The van der Waals surface area contributed by atoms with E-state index in [1.54, 1.807) is 21.3 Å². The van der Waals surface area contributed by atoms with Crippen molar-refractivity contribution >= 4 is 8.80 Å². The van der Waals surface area contributed by atoms with Crippen molar-refractivity contribution < 1.29 is 17.8 Å². The molecule has 0 aliphatic heterocycles. The van der Waals surface area contributed by atoms with Crippen LogP contribution < -0.4 is 4.57 Å². The maximum Gasteiger partial charge on any atom is 0.506 e.